The number of carbonyl (C=O) groups is 1. The number of amides is 1. The quantitative estimate of drug-likeness (QED) is 0.505. The lowest BCUT2D eigenvalue weighted by molar-refractivity contribution is -0.123. The molecule has 188 valence electrons. The number of benzene rings is 1. The van der Waals surface area contributed by atoms with Crippen LogP contribution in [0.1, 0.15) is 22.6 Å². The van der Waals surface area contributed by atoms with Crippen LogP contribution in [0.2, 0.25) is 5.02 Å². The molecular weight excluding hydrogens is 523 g/mol. The van der Waals surface area contributed by atoms with Crippen molar-refractivity contribution >= 4 is 33.2 Å². The fraction of sp³-hybridized carbons (Fsp3) is 0.286. The topological polar surface area (TPSA) is 134 Å². The maximum absolute atomic E-state index is 13.4. The summed E-state index contributed by atoms with van der Waals surface area (Å²) in [7, 11) is -3.93. The van der Waals surface area contributed by atoms with E-state index in [1.165, 1.54) is 23.4 Å². The summed E-state index contributed by atoms with van der Waals surface area (Å²) in [6, 6.07) is 6.17. The van der Waals surface area contributed by atoms with Gasteiger partial charge in [-0.1, -0.05) is 11.6 Å². The minimum Gasteiger partial charge on any atom is -0.354 e. The van der Waals surface area contributed by atoms with Gasteiger partial charge in [-0.25, -0.2) is 23.4 Å². The van der Waals surface area contributed by atoms with Crippen molar-refractivity contribution in [3.8, 4) is 11.8 Å². The van der Waals surface area contributed by atoms with Gasteiger partial charge in [0, 0.05) is 37.4 Å². The first-order valence-corrected chi connectivity index (χ1v) is 12.3. The highest BCUT2D eigenvalue weighted by atomic mass is 35.5. The molecule has 1 saturated heterocycles. The number of nitrogens with one attached hydrogen (secondary N) is 1. The number of carbonyl (C=O) groups excluding carboxylic acids is 1. The number of nitrogens with zero attached hydrogens (tertiary/aromatic N) is 6. The van der Waals surface area contributed by atoms with Crippen LogP contribution in [-0.2, 0) is 9.84 Å². The summed E-state index contributed by atoms with van der Waals surface area (Å²) in [5.41, 5.74) is 0.308. The molecule has 0 radical (unpaired) electrons. The van der Waals surface area contributed by atoms with Crippen molar-refractivity contribution < 1.29 is 26.4 Å². The second-order valence-corrected chi connectivity index (χ2v) is 10.4. The van der Waals surface area contributed by atoms with E-state index in [9.17, 15) is 26.4 Å². The van der Waals surface area contributed by atoms with Crippen molar-refractivity contribution in [3.63, 3.8) is 0 Å². The van der Waals surface area contributed by atoms with Crippen LogP contribution in [0.25, 0.3) is 5.69 Å². The smallest absolute Gasteiger partial charge is 0.354 e. The summed E-state index contributed by atoms with van der Waals surface area (Å²) in [4.78, 5) is 25.3. The van der Waals surface area contributed by atoms with E-state index in [1.807, 2.05) is 0 Å². The average Bonchev–Trinajstić information content (AvgIpc) is 3.54. The largest absolute Gasteiger partial charge is 0.405 e. The van der Waals surface area contributed by atoms with Crippen LogP contribution in [-0.4, -0.2) is 64.9 Å². The summed E-state index contributed by atoms with van der Waals surface area (Å²) in [6.45, 7) is -1.57. The van der Waals surface area contributed by atoms with Gasteiger partial charge in [0.15, 0.2) is 9.84 Å². The number of imidazole rings is 1. The summed E-state index contributed by atoms with van der Waals surface area (Å²) in [6.07, 6.45) is 1.22. The van der Waals surface area contributed by atoms with Crippen LogP contribution in [0, 0.1) is 11.3 Å². The zero-order valence-electron chi connectivity index (χ0n) is 18.3. The molecule has 0 saturated carbocycles. The number of nitriles is 1. The molecule has 1 N–H and O–H groups in total. The monoisotopic (exact) mass is 539 g/mol. The number of rotatable bonds is 6. The Morgan fingerprint density at radius 1 is 1.33 bits per heavy atom. The summed E-state index contributed by atoms with van der Waals surface area (Å²) >= 11 is 6.31. The highest BCUT2D eigenvalue weighted by Gasteiger charge is 2.38. The predicted molar refractivity (Wildman–Crippen MR) is 122 cm³/mol. The Balaban J connectivity index is 1.59. The summed E-state index contributed by atoms with van der Waals surface area (Å²) in [5.74, 6) is -1.54. The van der Waals surface area contributed by atoms with E-state index >= 15 is 0 Å². The van der Waals surface area contributed by atoms with Crippen molar-refractivity contribution in [2.24, 2.45) is 0 Å². The number of anilines is 1. The Hall–Kier alpha value is -3.70. The van der Waals surface area contributed by atoms with Gasteiger partial charge in [0.05, 0.1) is 21.5 Å². The maximum Gasteiger partial charge on any atom is 0.405 e. The molecule has 1 aromatic carbocycles. The van der Waals surface area contributed by atoms with Gasteiger partial charge in [0.1, 0.15) is 24.0 Å². The van der Waals surface area contributed by atoms with Crippen LogP contribution in [0.3, 0.4) is 0 Å². The lowest BCUT2D eigenvalue weighted by atomic mass is 10.2. The van der Waals surface area contributed by atoms with Crippen LogP contribution >= 0.6 is 11.6 Å². The number of aromatic nitrogens is 4. The molecule has 0 spiro atoms. The van der Waals surface area contributed by atoms with Gasteiger partial charge in [-0.2, -0.15) is 18.4 Å². The van der Waals surface area contributed by atoms with Crippen molar-refractivity contribution in [2.45, 2.75) is 22.7 Å². The molecule has 1 fully saturated rings. The van der Waals surface area contributed by atoms with E-state index in [2.05, 4.69) is 15.0 Å². The molecule has 2 aromatic heterocycles. The van der Waals surface area contributed by atoms with Gasteiger partial charge < -0.3 is 14.8 Å². The van der Waals surface area contributed by atoms with Gasteiger partial charge in [-0.15, -0.1) is 0 Å². The number of halogens is 4. The molecule has 1 atom stereocenters. The zero-order valence-corrected chi connectivity index (χ0v) is 19.8. The van der Waals surface area contributed by atoms with Crippen LogP contribution in [0.4, 0.5) is 19.0 Å². The van der Waals surface area contributed by atoms with E-state index in [4.69, 9.17) is 16.9 Å². The fourth-order valence-corrected chi connectivity index (χ4v) is 5.99. The predicted octanol–water partition coefficient (Wildman–Crippen LogP) is 2.53. The van der Waals surface area contributed by atoms with Crippen LogP contribution in [0.5, 0.6) is 0 Å². The molecule has 1 amide bonds. The minimum absolute atomic E-state index is 0.0145. The molecular formula is C21H17ClF3N7O3S. The average molecular weight is 540 g/mol. The van der Waals surface area contributed by atoms with Crippen molar-refractivity contribution in [1.82, 2.24) is 24.8 Å². The molecule has 10 nitrogen and oxygen atoms in total. The fourth-order valence-electron chi connectivity index (χ4n) is 3.75. The molecule has 4 rings (SSSR count). The number of hydrogen-bond donors (Lipinski definition) is 1. The molecule has 36 heavy (non-hydrogen) atoms. The molecule has 3 heterocycles. The number of hydrogen-bond acceptors (Lipinski definition) is 8. The first kappa shape index (κ1) is 25.4. The number of alkyl halides is 3. The van der Waals surface area contributed by atoms with Gasteiger partial charge in [0.25, 0.3) is 5.91 Å². The Morgan fingerprint density at radius 2 is 2.11 bits per heavy atom. The molecule has 0 aliphatic carbocycles. The van der Waals surface area contributed by atoms with Crippen molar-refractivity contribution in [2.75, 3.05) is 24.5 Å². The van der Waals surface area contributed by atoms with Crippen LogP contribution < -0.4 is 10.2 Å². The van der Waals surface area contributed by atoms with Gasteiger partial charge in [0.2, 0.25) is 5.82 Å². The molecule has 1 aliphatic heterocycles. The number of sulfone groups is 1. The summed E-state index contributed by atoms with van der Waals surface area (Å²) in [5, 5.41) is 9.94. The normalized spacial score (nSPS) is 16.1. The SMILES string of the molecule is N#Cc1ncc(C(=O)NCC(F)(F)F)c(N2CCC(S(=O)(=O)c3ccc(-n4ccnc4)cc3Cl)C2)n1. The second-order valence-electron chi connectivity index (χ2n) is 7.83. The van der Waals surface area contributed by atoms with Gasteiger partial charge in [-0.05, 0) is 24.6 Å². The third-order valence-electron chi connectivity index (χ3n) is 5.47. The van der Waals surface area contributed by atoms with E-state index in [-0.39, 0.29) is 46.6 Å². The molecule has 15 heteroatoms. The van der Waals surface area contributed by atoms with E-state index in [0.717, 1.165) is 6.20 Å². The summed E-state index contributed by atoms with van der Waals surface area (Å²) < 4.78 is 66.0. The minimum atomic E-state index is -4.64. The highest BCUT2D eigenvalue weighted by Crippen LogP contribution is 2.32. The van der Waals surface area contributed by atoms with Crippen molar-refractivity contribution in [1.29, 1.82) is 5.26 Å². The lowest BCUT2D eigenvalue weighted by Crippen LogP contribution is -2.35. The lowest BCUT2D eigenvalue weighted by Gasteiger charge is -2.21. The van der Waals surface area contributed by atoms with Crippen molar-refractivity contribution in [3.05, 3.63) is 59.5 Å². The Bertz CT molecular complexity index is 1440. The zero-order chi connectivity index (χ0) is 26.1. The molecule has 1 aliphatic rings. The van der Waals surface area contributed by atoms with Gasteiger partial charge >= 0.3 is 6.18 Å². The first-order chi connectivity index (χ1) is 17.0. The Morgan fingerprint density at radius 3 is 2.75 bits per heavy atom. The third-order valence-corrected chi connectivity index (χ3v) is 8.13. The molecule has 3 aromatic rings. The maximum atomic E-state index is 13.4. The van der Waals surface area contributed by atoms with E-state index in [0.29, 0.717) is 5.69 Å². The van der Waals surface area contributed by atoms with Crippen LogP contribution in [0.15, 0.2) is 48.0 Å². The molecule has 0 bridgehead atoms. The first-order valence-electron chi connectivity index (χ1n) is 10.4. The van der Waals surface area contributed by atoms with E-state index < -0.39 is 33.7 Å². The third kappa shape index (κ3) is 5.26. The standard InChI is InChI=1S/C21H17ClF3N7O3S/c22-16-7-13(32-6-4-27-12-32)1-2-17(16)36(34,35)14-3-5-31(10-14)19-15(9-28-18(8-26)30-19)20(33)29-11-21(23,24)25/h1-2,4,6-7,9,12,14H,3,5,10-11H2,(H,29,33). The Labute approximate surface area is 208 Å². The van der Waals surface area contributed by atoms with Gasteiger partial charge in [-0.3, -0.25) is 4.79 Å². The Kier molecular flexibility index (Phi) is 6.87. The van der Waals surface area contributed by atoms with E-state index in [1.54, 1.807) is 34.4 Å². The second kappa shape index (κ2) is 9.75. The highest BCUT2D eigenvalue weighted by molar-refractivity contribution is 7.92. The molecule has 1 unspecified atom stereocenters.